The first-order valence-electron chi connectivity index (χ1n) is 6.57. The van der Waals surface area contributed by atoms with Crippen LogP contribution in [0.25, 0.3) is 0 Å². The van der Waals surface area contributed by atoms with Crippen molar-refractivity contribution in [2.75, 3.05) is 26.1 Å². The first-order valence-corrected chi connectivity index (χ1v) is 6.57. The fourth-order valence-electron chi connectivity index (χ4n) is 2.34. The zero-order chi connectivity index (χ0) is 14.5. The van der Waals surface area contributed by atoms with E-state index in [0.29, 0.717) is 13.0 Å². The Morgan fingerprint density at radius 2 is 2.05 bits per heavy atom. The summed E-state index contributed by atoms with van der Waals surface area (Å²) in [5.41, 5.74) is 3.83. The summed E-state index contributed by atoms with van der Waals surface area (Å²) in [6.07, 6.45) is 1.02. The van der Waals surface area contributed by atoms with Crippen molar-refractivity contribution in [2.45, 2.75) is 18.9 Å². The molecule has 1 aliphatic rings. The summed E-state index contributed by atoms with van der Waals surface area (Å²) in [5.74, 6) is -0.142. The lowest BCUT2D eigenvalue weighted by atomic mass is 10.2. The third kappa shape index (κ3) is 3.01. The van der Waals surface area contributed by atoms with E-state index in [2.05, 4.69) is 5.43 Å². The predicted octanol–water partition coefficient (Wildman–Crippen LogP) is 1.70. The molecule has 20 heavy (non-hydrogen) atoms. The number of anilines is 1. The van der Waals surface area contributed by atoms with E-state index in [1.165, 1.54) is 17.0 Å². The number of nitrogens with zero attached hydrogens (tertiary/aromatic N) is 2. The van der Waals surface area contributed by atoms with Gasteiger partial charge < -0.3 is 4.74 Å². The van der Waals surface area contributed by atoms with Crippen LogP contribution in [-0.4, -0.2) is 48.7 Å². The monoisotopic (exact) mass is 277 g/mol. The molecule has 0 radical (unpaired) electrons. The summed E-state index contributed by atoms with van der Waals surface area (Å²) in [5, 5.41) is 1.42. The quantitative estimate of drug-likeness (QED) is 0.854. The molecule has 108 valence electrons. The van der Waals surface area contributed by atoms with Gasteiger partial charge >= 0.3 is 6.09 Å². The highest BCUT2D eigenvalue weighted by Gasteiger charge is 2.36. The number of hydrazine groups is 1. The summed E-state index contributed by atoms with van der Waals surface area (Å²) < 4.78 is 4.71. The largest absolute Gasteiger partial charge is 0.453 e. The van der Waals surface area contributed by atoms with Crippen molar-refractivity contribution in [3.63, 3.8) is 0 Å². The molecule has 1 atom stereocenters. The van der Waals surface area contributed by atoms with Crippen molar-refractivity contribution in [3.05, 3.63) is 30.3 Å². The smallest absolute Gasteiger partial charge is 0.410 e. The topological polar surface area (TPSA) is 61.9 Å². The lowest BCUT2D eigenvalue weighted by molar-refractivity contribution is -0.132. The van der Waals surface area contributed by atoms with E-state index in [1.54, 1.807) is 7.05 Å². The number of methoxy groups -OCH3 is 1. The number of para-hydroxylation sites is 1. The first kappa shape index (κ1) is 14.2. The van der Waals surface area contributed by atoms with Crippen LogP contribution in [0.1, 0.15) is 12.8 Å². The maximum absolute atomic E-state index is 12.4. The Kier molecular flexibility index (Phi) is 4.45. The van der Waals surface area contributed by atoms with Crippen LogP contribution in [0.5, 0.6) is 0 Å². The molecule has 0 saturated carbocycles. The summed E-state index contributed by atoms with van der Waals surface area (Å²) in [6.45, 7) is 0.558. The number of rotatable bonds is 3. The lowest BCUT2D eigenvalue weighted by Gasteiger charge is -2.27. The second-order valence-electron chi connectivity index (χ2n) is 4.70. The van der Waals surface area contributed by atoms with Gasteiger partial charge in [0.1, 0.15) is 6.04 Å². The minimum absolute atomic E-state index is 0.142. The van der Waals surface area contributed by atoms with Gasteiger partial charge in [-0.25, -0.2) is 4.79 Å². The third-order valence-corrected chi connectivity index (χ3v) is 3.35. The van der Waals surface area contributed by atoms with Crippen LogP contribution in [-0.2, 0) is 9.53 Å². The number of nitrogens with one attached hydrogen (secondary N) is 1. The molecular weight excluding hydrogens is 258 g/mol. The number of ether oxygens (including phenoxy) is 1. The van der Waals surface area contributed by atoms with Crippen molar-refractivity contribution in [3.8, 4) is 0 Å². The maximum atomic E-state index is 12.4. The van der Waals surface area contributed by atoms with Gasteiger partial charge in [-0.15, -0.1) is 0 Å². The highest BCUT2D eigenvalue weighted by molar-refractivity contribution is 5.86. The lowest BCUT2D eigenvalue weighted by Crippen LogP contribution is -2.48. The van der Waals surface area contributed by atoms with Gasteiger partial charge in [0.2, 0.25) is 0 Å². The molecule has 1 saturated heterocycles. The van der Waals surface area contributed by atoms with Gasteiger partial charge in [0.25, 0.3) is 5.91 Å². The molecule has 1 unspecified atom stereocenters. The van der Waals surface area contributed by atoms with E-state index in [4.69, 9.17) is 4.74 Å². The SMILES string of the molecule is COC(=O)N1CCCC1C(=O)N(C)Nc1ccccc1. The number of likely N-dealkylation sites (N-methyl/N-ethyl adjacent to an activating group) is 1. The van der Waals surface area contributed by atoms with Crippen LogP contribution in [0.4, 0.5) is 10.5 Å². The van der Waals surface area contributed by atoms with Crippen LogP contribution in [0, 0.1) is 0 Å². The minimum Gasteiger partial charge on any atom is -0.453 e. The predicted molar refractivity (Wildman–Crippen MR) is 75.0 cm³/mol. The third-order valence-electron chi connectivity index (χ3n) is 3.35. The second-order valence-corrected chi connectivity index (χ2v) is 4.70. The second kappa shape index (κ2) is 6.27. The van der Waals surface area contributed by atoms with Gasteiger partial charge in [0.15, 0.2) is 0 Å². The highest BCUT2D eigenvalue weighted by atomic mass is 16.5. The normalized spacial score (nSPS) is 17.7. The van der Waals surface area contributed by atoms with E-state index >= 15 is 0 Å². The Hall–Kier alpha value is -2.24. The molecule has 0 spiro atoms. The molecule has 6 heteroatoms. The number of hydrogen-bond acceptors (Lipinski definition) is 4. The number of carbonyl (C=O) groups is 2. The number of hydrogen-bond donors (Lipinski definition) is 1. The molecule has 0 bridgehead atoms. The van der Waals surface area contributed by atoms with Crippen LogP contribution in [0.15, 0.2) is 30.3 Å². The Bertz CT molecular complexity index is 478. The van der Waals surface area contributed by atoms with Gasteiger partial charge in [-0.1, -0.05) is 18.2 Å². The number of amides is 2. The van der Waals surface area contributed by atoms with Crippen molar-refractivity contribution < 1.29 is 14.3 Å². The molecule has 1 aliphatic heterocycles. The zero-order valence-corrected chi connectivity index (χ0v) is 11.7. The summed E-state index contributed by atoms with van der Waals surface area (Å²) in [4.78, 5) is 25.5. The van der Waals surface area contributed by atoms with Crippen molar-refractivity contribution >= 4 is 17.7 Å². The Balaban J connectivity index is 2.01. The zero-order valence-electron chi connectivity index (χ0n) is 11.7. The highest BCUT2D eigenvalue weighted by Crippen LogP contribution is 2.20. The average molecular weight is 277 g/mol. The van der Waals surface area contributed by atoms with Gasteiger partial charge in [-0.2, -0.15) is 0 Å². The molecule has 1 aromatic carbocycles. The Morgan fingerprint density at radius 3 is 2.70 bits per heavy atom. The standard InChI is InChI=1S/C14H19N3O3/c1-16(15-11-7-4-3-5-8-11)13(18)12-9-6-10-17(12)14(19)20-2/h3-5,7-8,12,15H,6,9-10H2,1-2H3. The number of carbonyl (C=O) groups excluding carboxylic acids is 2. The Morgan fingerprint density at radius 1 is 1.35 bits per heavy atom. The molecule has 0 aliphatic carbocycles. The first-order chi connectivity index (χ1) is 9.63. The van der Waals surface area contributed by atoms with Crippen LogP contribution in [0.3, 0.4) is 0 Å². The molecule has 0 aromatic heterocycles. The molecule has 2 amide bonds. The molecular formula is C14H19N3O3. The summed E-state index contributed by atoms with van der Waals surface area (Å²) in [6, 6.07) is 8.97. The maximum Gasteiger partial charge on any atom is 0.410 e. The molecule has 1 heterocycles. The van der Waals surface area contributed by atoms with Crippen molar-refractivity contribution in [1.29, 1.82) is 0 Å². The molecule has 1 N–H and O–H groups in total. The molecule has 1 fully saturated rings. The van der Waals surface area contributed by atoms with Crippen molar-refractivity contribution in [2.24, 2.45) is 0 Å². The van der Waals surface area contributed by atoms with Crippen LogP contribution >= 0.6 is 0 Å². The molecule has 2 rings (SSSR count). The summed E-state index contributed by atoms with van der Waals surface area (Å²) >= 11 is 0. The van der Waals surface area contributed by atoms with Crippen LogP contribution in [0.2, 0.25) is 0 Å². The average Bonchev–Trinajstić information content (AvgIpc) is 2.96. The minimum atomic E-state index is -0.455. The van der Waals surface area contributed by atoms with Gasteiger partial charge in [0.05, 0.1) is 12.8 Å². The van der Waals surface area contributed by atoms with E-state index < -0.39 is 12.1 Å². The Labute approximate surface area is 118 Å². The van der Waals surface area contributed by atoms with Crippen LogP contribution < -0.4 is 5.43 Å². The van der Waals surface area contributed by atoms with E-state index in [0.717, 1.165) is 12.1 Å². The van der Waals surface area contributed by atoms with Gasteiger partial charge in [-0.05, 0) is 25.0 Å². The van der Waals surface area contributed by atoms with Gasteiger partial charge in [0, 0.05) is 13.6 Å². The molecule has 6 nitrogen and oxygen atoms in total. The summed E-state index contributed by atoms with van der Waals surface area (Å²) in [7, 11) is 2.98. The fraction of sp³-hybridized carbons (Fsp3) is 0.429. The van der Waals surface area contributed by atoms with E-state index in [9.17, 15) is 9.59 Å². The number of benzene rings is 1. The fourth-order valence-corrected chi connectivity index (χ4v) is 2.34. The number of likely N-dealkylation sites (tertiary alicyclic amines) is 1. The molecule has 1 aromatic rings. The van der Waals surface area contributed by atoms with E-state index in [-0.39, 0.29) is 5.91 Å². The van der Waals surface area contributed by atoms with Gasteiger partial charge in [-0.3, -0.25) is 20.1 Å². The van der Waals surface area contributed by atoms with E-state index in [1.807, 2.05) is 30.3 Å². The van der Waals surface area contributed by atoms with Crippen molar-refractivity contribution in [1.82, 2.24) is 9.91 Å².